The van der Waals surface area contributed by atoms with Gasteiger partial charge in [-0.3, -0.25) is 4.79 Å². The molecular weight excluding hydrogens is 396 g/mol. The first-order chi connectivity index (χ1) is 13.2. The Balaban J connectivity index is 1.83. The third-order valence-corrected chi connectivity index (χ3v) is 7.42. The summed E-state index contributed by atoms with van der Waals surface area (Å²) in [6.45, 7) is 4.58. The number of sulfonamides is 1. The molecule has 28 heavy (non-hydrogen) atoms. The molecule has 0 bridgehead atoms. The van der Waals surface area contributed by atoms with E-state index in [9.17, 15) is 13.2 Å². The summed E-state index contributed by atoms with van der Waals surface area (Å²) >= 11 is 1.41. The normalized spacial score (nSPS) is 17.0. The van der Waals surface area contributed by atoms with Crippen LogP contribution in [0.3, 0.4) is 0 Å². The highest BCUT2D eigenvalue weighted by Crippen LogP contribution is 2.30. The van der Waals surface area contributed by atoms with Crippen LogP contribution < -0.4 is 5.14 Å². The van der Waals surface area contributed by atoms with E-state index in [0.29, 0.717) is 23.3 Å². The molecular formula is C19H28N4O3S2. The minimum atomic E-state index is -3.78. The summed E-state index contributed by atoms with van der Waals surface area (Å²) in [6, 6.07) is 5.02. The summed E-state index contributed by atoms with van der Waals surface area (Å²) in [6.07, 6.45) is 5.76. The van der Waals surface area contributed by atoms with Crippen LogP contribution in [0.25, 0.3) is 11.0 Å². The number of nitrogens with two attached hydrogens (primary N) is 1. The van der Waals surface area contributed by atoms with Crippen LogP contribution >= 0.6 is 11.8 Å². The van der Waals surface area contributed by atoms with Crippen molar-refractivity contribution in [2.45, 2.75) is 73.8 Å². The number of imidazole rings is 1. The van der Waals surface area contributed by atoms with Crippen molar-refractivity contribution in [3.63, 3.8) is 0 Å². The number of carbonyl (C=O) groups is 1. The summed E-state index contributed by atoms with van der Waals surface area (Å²) < 4.78 is 25.2. The molecule has 0 saturated heterocycles. The van der Waals surface area contributed by atoms with E-state index in [1.165, 1.54) is 43.2 Å². The summed E-state index contributed by atoms with van der Waals surface area (Å²) in [4.78, 5) is 19.4. The predicted molar refractivity (Wildman–Crippen MR) is 112 cm³/mol. The lowest BCUT2D eigenvalue weighted by Gasteiger charge is -2.32. The van der Waals surface area contributed by atoms with Gasteiger partial charge < -0.3 is 9.47 Å². The molecule has 2 N–H and O–H groups in total. The highest BCUT2D eigenvalue weighted by molar-refractivity contribution is 8.00. The number of aryl methyl sites for hydroxylation is 1. The molecule has 0 unspecified atom stereocenters. The summed E-state index contributed by atoms with van der Waals surface area (Å²) in [5.74, 6) is 0.108. The summed E-state index contributed by atoms with van der Waals surface area (Å²) in [7, 11) is -1.88. The van der Waals surface area contributed by atoms with Gasteiger partial charge in [-0.05, 0) is 44.9 Å². The lowest BCUT2D eigenvalue weighted by molar-refractivity contribution is -0.131. The van der Waals surface area contributed by atoms with Gasteiger partial charge in [-0.25, -0.2) is 18.5 Å². The SMILES string of the molecule is CCn1c(S[C@@H](C)C(=O)N(C)C2CCCCC2)nc2cc(S(N)(=O)=O)ccc21. The van der Waals surface area contributed by atoms with Gasteiger partial charge in [0.1, 0.15) is 0 Å². The summed E-state index contributed by atoms with van der Waals surface area (Å²) in [5, 5.41) is 5.67. The number of aromatic nitrogens is 2. The first kappa shape index (κ1) is 21.1. The molecule has 9 heteroatoms. The molecule has 1 atom stereocenters. The molecule has 1 heterocycles. The van der Waals surface area contributed by atoms with E-state index in [-0.39, 0.29) is 16.1 Å². The molecule has 1 aliphatic rings. The standard InChI is InChI=1S/C19H28N4O3S2/c1-4-23-17-11-10-15(28(20,25)26)12-16(17)21-19(23)27-13(2)18(24)22(3)14-8-6-5-7-9-14/h10-14H,4-9H2,1-3H3,(H2,20,25,26)/t13-/m0/s1. The maximum atomic E-state index is 12.9. The van der Waals surface area contributed by atoms with Gasteiger partial charge in [0.15, 0.2) is 5.16 Å². The topological polar surface area (TPSA) is 98.3 Å². The van der Waals surface area contributed by atoms with Gasteiger partial charge in [0.2, 0.25) is 15.9 Å². The lowest BCUT2D eigenvalue weighted by atomic mass is 9.94. The number of fused-ring (bicyclic) bond motifs is 1. The van der Waals surface area contributed by atoms with Crippen molar-refractivity contribution < 1.29 is 13.2 Å². The van der Waals surface area contributed by atoms with Gasteiger partial charge in [-0.15, -0.1) is 0 Å². The number of primary sulfonamides is 1. The second-order valence-corrected chi connectivity index (χ2v) is 10.2. The third kappa shape index (κ3) is 4.36. The van der Waals surface area contributed by atoms with E-state index in [0.717, 1.165) is 18.4 Å². The molecule has 1 amide bonds. The van der Waals surface area contributed by atoms with Crippen LogP contribution in [0.2, 0.25) is 0 Å². The zero-order chi connectivity index (χ0) is 20.5. The second-order valence-electron chi connectivity index (χ2n) is 7.34. The Morgan fingerprint density at radius 1 is 1.36 bits per heavy atom. The van der Waals surface area contributed by atoms with E-state index in [2.05, 4.69) is 4.98 Å². The molecule has 3 rings (SSSR count). The number of nitrogens with zero attached hydrogens (tertiary/aromatic N) is 3. The number of carbonyl (C=O) groups excluding carboxylic acids is 1. The Morgan fingerprint density at radius 2 is 2.04 bits per heavy atom. The van der Waals surface area contributed by atoms with E-state index in [1.54, 1.807) is 6.07 Å². The maximum Gasteiger partial charge on any atom is 0.238 e. The number of hydrogen-bond acceptors (Lipinski definition) is 5. The van der Waals surface area contributed by atoms with Crippen LogP contribution in [0.15, 0.2) is 28.3 Å². The molecule has 154 valence electrons. The zero-order valence-electron chi connectivity index (χ0n) is 16.6. The Kier molecular flexibility index (Phi) is 6.36. The van der Waals surface area contributed by atoms with Gasteiger partial charge in [-0.1, -0.05) is 31.0 Å². The predicted octanol–water partition coefficient (Wildman–Crippen LogP) is 2.98. The van der Waals surface area contributed by atoms with Crippen LogP contribution in [0, 0.1) is 0 Å². The molecule has 0 aliphatic heterocycles. The average Bonchev–Trinajstić information content (AvgIpc) is 3.02. The Morgan fingerprint density at radius 3 is 2.64 bits per heavy atom. The van der Waals surface area contributed by atoms with Crippen molar-refractivity contribution in [1.29, 1.82) is 0 Å². The fourth-order valence-electron chi connectivity index (χ4n) is 3.80. The van der Waals surface area contributed by atoms with Crippen molar-refractivity contribution in [1.82, 2.24) is 14.5 Å². The number of rotatable bonds is 6. The molecule has 1 saturated carbocycles. The number of thioether (sulfide) groups is 1. The van der Waals surface area contributed by atoms with Gasteiger partial charge in [0.25, 0.3) is 0 Å². The van der Waals surface area contributed by atoms with Crippen LogP contribution in [0.4, 0.5) is 0 Å². The Labute approximate surface area is 170 Å². The van der Waals surface area contributed by atoms with Crippen LogP contribution in [0.5, 0.6) is 0 Å². The fourth-order valence-corrected chi connectivity index (χ4v) is 5.43. The first-order valence-electron chi connectivity index (χ1n) is 9.68. The Bertz CT molecular complexity index is 965. The van der Waals surface area contributed by atoms with E-state index in [1.807, 2.05) is 30.4 Å². The van der Waals surface area contributed by atoms with Crippen molar-refractivity contribution in [3.8, 4) is 0 Å². The second kappa shape index (κ2) is 8.42. The van der Waals surface area contributed by atoms with Crippen molar-refractivity contribution in [3.05, 3.63) is 18.2 Å². The zero-order valence-corrected chi connectivity index (χ0v) is 18.2. The van der Waals surface area contributed by atoms with E-state index < -0.39 is 10.0 Å². The van der Waals surface area contributed by atoms with Gasteiger partial charge in [0.05, 0.1) is 21.2 Å². The molecule has 1 fully saturated rings. The highest BCUT2D eigenvalue weighted by atomic mass is 32.2. The first-order valence-corrected chi connectivity index (χ1v) is 12.1. The third-order valence-electron chi connectivity index (χ3n) is 5.43. The largest absolute Gasteiger partial charge is 0.342 e. The lowest BCUT2D eigenvalue weighted by Crippen LogP contribution is -2.42. The van der Waals surface area contributed by atoms with Crippen molar-refractivity contribution >= 4 is 38.7 Å². The molecule has 0 spiro atoms. The number of benzene rings is 1. The average molecular weight is 425 g/mol. The van der Waals surface area contributed by atoms with E-state index >= 15 is 0 Å². The molecule has 1 aromatic heterocycles. The smallest absolute Gasteiger partial charge is 0.238 e. The molecule has 2 aromatic rings. The maximum absolute atomic E-state index is 12.9. The minimum absolute atomic E-state index is 0.0402. The monoisotopic (exact) mass is 424 g/mol. The summed E-state index contributed by atoms with van der Waals surface area (Å²) in [5.41, 5.74) is 1.40. The number of hydrogen-bond donors (Lipinski definition) is 1. The molecule has 1 aromatic carbocycles. The van der Waals surface area contributed by atoms with Crippen LogP contribution in [0.1, 0.15) is 46.0 Å². The fraction of sp³-hybridized carbons (Fsp3) is 0.579. The minimum Gasteiger partial charge on any atom is -0.342 e. The van der Waals surface area contributed by atoms with Crippen LogP contribution in [-0.2, 0) is 21.4 Å². The molecule has 7 nitrogen and oxygen atoms in total. The van der Waals surface area contributed by atoms with Crippen molar-refractivity contribution in [2.24, 2.45) is 5.14 Å². The van der Waals surface area contributed by atoms with E-state index in [4.69, 9.17) is 5.14 Å². The van der Waals surface area contributed by atoms with Crippen molar-refractivity contribution in [2.75, 3.05) is 7.05 Å². The van der Waals surface area contributed by atoms with Crippen LogP contribution in [-0.4, -0.2) is 47.1 Å². The Hall–Kier alpha value is -1.58. The molecule has 1 aliphatic carbocycles. The number of amides is 1. The van der Waals surface area contributed by atoms with Gasteiger partial charge in [-0.2, -0.15) is 0 Å². The highest BCUT2D eigenvalue weighted by Gasteiger charge is 2.27. The van der Waals surface area contributed by atoms with Gasteiger partial charge in [0, 0.05) is 19.6 Å². The van der Waals surface area contributed by atoms with Gasteiger partial charge >= 0.3 is 0 Å². The molecule has 0 radical (unpaired) electrons. The quantitative estimate of drug-likeness (QED) is 0.719.